The van der Waals surface area contributed by atoms with Crippen LogP contribution in [0.1, 0.15) is 37.7 Å². The van der Waals surface area contributed by atoms with E-state index in [0.29, 0.717) is 47.3 Å². The van der Waals surface area contributed by atoms with E-state index in [1.807, 2.05) is 39.9 Å². The molecule has 2 aliphatic heterocycles. The summed E-state index contributed by atoms with van der Waals surface area (Å²) in [4.78, 5) is 40.4. The fraction of sp³-hybridized carbons (Fsp3) is 0.250. The molecule has 0 saturated heterocycles. The minimum absolute atomic E-state index is 0.0521. The molecular weight excluding hydrogens is 682 g/mol. The van der Waals surface area contributed by atoms with Crippen molar-refractivity contribution in [2.45, 2.75) is 13.8 Å². The van der Waals surface area contributed by atoms with Crippen LogP contribution in [0.15, 0.2) is 69.5 Å². The molecule has 1 aromatic heterocycles. The van der Waals surface area contributed by atoms with Gasteiger partial charge in [0.15, 0.2) is 0 Å². The third-order valence-corrected chi connectivity index (χ3v) is 13.4. The second-order valence-corrected chi connectivity index (χ2v) is 16.4. The van der Waals surface area contributed by atoms with Crippen LogP contribution in [-0.4, -0.2) is 88.7 Å². The Hall–Kier alpha value is -4.36. The number of Topliss-reactive ketones (excluding diaryl/α,β-unsaturated/α-hetero) is 1. The van der Waals surface area contributed by atoms with E-state index in [9.17, 15) is 14.4 Å². The summed E-state index contributed by atoms with van der Waals surface area (Å²) in [5, 5.41) is 12.7. The fourth-order valence-electron chi connectivity index (χ4n) is 5.21. The van der Waals surface area contributed by atoms with Crippen molar-refractivity contribution in [1.29, 1.82) is 0 Å². The van der Waals surface area contributed by atoms with E-state index < -0.39 is 28.1 Å². The van der Waals surface area contributed by atoms with E-state index in [4.69, 9.17) is 9.47 Å². The molecule has 0 spiro atoms. The van der Waals surface area contributed by atoms with E-state index in [-0.39, 0.29) is 23.0 Å². The van der Waals surface area contributed by atoms with Crippen LogP contribution in [0.2, 0.25) is 0 Å². The molecule has 0 aliphatic carbocycles. The fourth-order valence-corrected chi connectivity index (χ4v) is 10.8. The molecule has 2 aliphatic rings. The van der Waals surface area contributed by atoms with Gasteiger partial charge in [-0.3, -0.25) is 4.79 Å². The van der Waals surface area contributed by atoms with Crippen LogP contribution in [0.5, 0.6) is 5.75 Å². The van der Waals surface area contributed by atoms with Gasteiger partial charge in [-0.15, -0.1) is 0 Å². The number of ketones is 1. The van der Waals surface area contributed by atoms with Gasteiger partial charge in [-0.1, -0.05) is 0 Å². The summed E-state index contributed by atoms with van der Waals surface area (Å²) in [6.45, 7) is 4.97. The number of halogens is 1. The van der Waals surface area contributed by atoms with E-state index in [1.54, 1.807) is 53.2 Å². The monoisotopic (exact) mass is 716 g/mol. The zero-order valence-corrected chi connectivity index (χ0v) is 29.2. The Morgan fingerprint density at radius 3 is 2.44 bits per heavy atom. The van der Waals surface area contributed by atoms with Crippen molar-refractivity contribution in [3.63, 3.8) is 0 Å². The molecule has 2 aromatic carbocycles. The zero-order valence-electron chi connectivity index (χ0n) is 25.9. The number of fused-ring (bicyclic) bond motifs is 1. The summed E-state index contributed by atoms with van der Waals surface area (Å²) in [7, 11) is 7.11. The number of aryl methyl sites for hydroxylation is 2. The van der Waals surface area contributed by atoms with Gasteiger partial charge in [0.1, 0.15) is 0 Å². The van der Waals surface area contributed by atoms with Crippen LogP contribution in [0.25, 0.3) is 3.33 Å². The van der Waals surface area contributed by atoms with E-state index in [1.165, 1.54) is 13.2 Å². The number of benzene rings is 2. The van der Waals surface area contributed by atoms with Crippen LogP contribution in [0, 0.1) is 13.8 Å². The first-order valence-electron chi connectivity index (χ1n) is 14.3. The summed E-state index contributed by atoms with van der Waals surface area (Å²) in [6, 6.07) is 10.7. The molecule has 232 valence electrons. The van der Waals surface area contributed by atoms with Crippen molar-refractivity contribution in [2.75, 3.05) is 44.9 Å². The predicted molar refractivity (Wildman–Crippen MR) is 171 cm³/mol. The Balaban J connectivity index is 1.29. The number of likely N-dealkylation sites (N-methyl/N-ethyl adjacent to an activating group) is 1. The van der Waals surface area contributed by atoms with Crippen LogP contribution in [-0.2, 0) is 11.8 Å². The predicted octanol–water partition coefficient (Wildman–Crippen LogP) is 4.47. The average molecular weight is 716 g/mol. The van der Waals surface area contributed by atoms with E-state index >= 15 is 2.66 Å². The molecule has 3 aromatic rings. The molecule has 3 N–H and O–H groups in total. The average Bonchev–Trinajstić information content (AvgIpc) is 3.57. The number of urea groups is 1. The van der Waals surface area contributed by atoms with Crippen LogP contribution >= 0.6 is 0 Å². The molecule has 3 heterocycles. The molecule has 13 heteroatoms. The summed E-state index contributed by atoms with van der Waals surface area (Å²) >= 11 is -3.99. The number of ether oxygens (including phenoxy) is 2. The molecular formula is C32H34FInN6O5. The molecule has 11 nitrogen and oxygen atoms in total. The van der Waals surface area contributed by atoms with Gasteiger partial charge in [0.25, 0.3) is 5.91 Å². The van der Waals surface area contributed by atoms with Gasteiger partial charge in [-0.2, -0.15) is 0 Å². The number of amides is 3. The first kappa shape index (κ1) is 32.0. The van der Waals surface area contributed by atoms with Crippen molar-refractivity contribution in [2.24, 2.45) is 7.05 Å². The van der Waals surface area contributed by atoms with Gasteiger partial charge in [-0.05, 0) is 38.4 Å². The molecule has 0 radical (unpaired) electrons. The van der Waals surface area contributed by atoms with Crippen molar-refractivity contribution in [3.05, 3.63) is 97.5 Å². The third kappa shape index (κ3) is 6.84. The van der Waals surface area contributed by atoms with Crippen LogP contribution in [0.3, 0.4) is 0 Å². The Bertz CT molecular complexity index is 1780. The number of carbonyl (C=O) groups excluding carboxylic acids is 3. The number of allylic oxidation sites excluding steroid dienone is 4. The second-order valence-electron chi connectivity index (χ2n) is 11.0. The zero-order chi connectivity index (χ0) is 32.4. The van der Waals surface area contributed by atoms with Crippen molar-refractivity contribution >= 4 is 54.5 Å². The molecule has 5 rings (SSSR count). The van der Waals surface area contributed by atoms with Gasteiger partial charge in [0.05, 0.1) is 0 Å². The number of rotatable bonds is 9. The van der Waals surface area contributed by atoms with Crippen molar-refractivity contribution in [1.82, 2.24) is 20.0 Å². The van der Waals surface area contributed by atoms with E-state index in [2.05, 4.69) is 21.0 Å². The number of hydrogen-bond acceptors (Lipinski definition) is 7. The summed E-state index contributed by atoms with van der Waals surface area (Å²) < 4.78 is 29.6. The van der Waals surface area contributed by atoms with Gasteiger partial charge < -0.3 is 10.2 Å². The first-order chi connectivity index (χ1) is 21.5. The SMILES string of the molecule is CO[C]1=CC(/C=C2\Oc3ccc(NC(=O)Nc4ccc(C(=O)NCCN(C)C)cc4)cc3C2=O)=[C](c2c(C)nn(C)c2C)[In]1[F]. The van der Waals surface area contributed by atoms with Crippen LogP contribution < -0.4 is 20.7 Å². The standard InChI is InChI=1S/C32H34N6O5.FH.In/c1-20-26(21(2)38(5)36-20)17-22(13-16-42-6)18-29-30(39)27-19-25(11-12-28(27)43-29)35-32(41)34-24-9-7-23(8-10-24)31(40)33-14-15-37(3)4;;/h7-13,18-19H,14-15H2,1-6H3,(H,33,40)(H2,34,35,41);1H;/q;;+1/p-1/b16-13?,22-17?,29-18-;;. The number of aromatic nitrogens is 2. The van der Waals surface area contributed by atoms with Crippen molar-refractivity contribution < 1.29 is 26.5 Å². The van der Waals surface area contributed by atoms with Crippen molar-refractivity contribution in [3.8, 4) is 5.75 Å². The number of anilines is 2. The molecule has 0 unspecified atom stereocenters. The number of nitrogens with zero attached hydrogens (tertiary/aromatic N) is 3. The Labute approximate surface area is 269 Å². The summed E-state index contributed by atoms with van der Waals surface area (Å²) in [5.41, 5.74) is 4.44. The van der Waals surface area contributed by atoms with Gasteiger partial charge in [-0.25, -0.2) is 0 Å². The maximum atomic E-state index is 15.7. The van der Waals surface area contributed by atoms with Crippen LogP contribution in [0.4, 0.5) is 18.8 Å². The Kier molecular flexibility index (Phi) is 9.49. The number of hydrogen-bond donors (Lipinski definition) is 3. The molecule has 3 amide bonds. The Morgan fingerprint density at radius 1 is 1.11 bits per heavy atom. The third-order valence-electron chi connectivity index (χ3n) is 7.59. The topological polar surface area (TPSA) is 127 Å². The first-order valence-corrected chi connectivity index (χ1v) is 18.8. The molecule has 0 saturated carbocycles. The molecule has 0 bridgehead atoms. The number of nitrogens with one attached hydrogen (secondary N) is 3. The summed E-state index contributed by atoms with van der Waals surface area (Å²) in [5.74, 6) is -0.195. The normalized spacial score (nSPS) is 14.9. The minimum atomic E-state index is -3.99. The molecule has 0 fully saturated rings. The number of carbonyl (C=O) groups is 3. The number of methoxy groups -OCH3 is 1. The quantitative estimate of drug-likeness (QED) is 0.279. The summed E-state index contributed by atoms with van der Waals surface area (Å²) in [6.07, 6.45) is 3.21. The van der Waals surface area contributed by atoms with Gasteiger partial charge >= 0.3 is 192 Å². The van der Waals surface area contributed by atoms with Gasteiger partial charge in [0, 0.05) is 18.7 Å². The molecule has 0 atom stereocenters. The molecule has 45 heavy (non-hydrogen) atoms. The van der Waals surface area contributed by atoms with E-state index in [0.717, 1.165) is 17.8 Å². The Morgan fingerprint density at radius 2 is 1.80 bits per heavy atom. The van der Waals surface area contributed by atoms with Gasteiger partial charge in [0.2, 0.25) is 0 Å². The maximum absolute atomic E-state index is 15.7. The second kappa shape index (κ2) is 13.3.